The Labute approximate surface area is 250 Å². The van der Waals surface area contributed by atoms with Gasteiger partial charge in [0.25, 0.3) is 0 Å². The van der Waals surface area contributed by atoms with Crippen molar-refractivity contribution in [1.82, 2.24) is 4.98 Å². The van der Waals surface area contributed by atoms with Gasteiger partial charge in [-0.3, -0.25) is 4.79 Å². The monoisotopic (exact) mass is 571 g/mol. The fraction of sp³-hybridized carbons (Fsp3) is 0.114. The first-order valence-corrected chi connectivity index (χ1v) is 14.4. The van der Waals surface area contributed by atoms with E-state index in [9.17, 15) is 10.1 Å². The van der Waals surface area contributed by atoms with Gasteiger partial charge in [-0.2, -0.15) is 5.26 Å². The average molecular weight is 572 g/mol. The van der Waals surface area contributed by atoms with Crippen LogP contribution >= 0.6 is 11.8 Å². The standard InChI is InChI=1S/C35H29N3O3S/c1-24-10-9-15-28(18-24)37-34(39)23-42-35-30(21-36)29(20-31(38-35)26-13-7-4-8-14-26)27-16-17-32(33(19-27)40-2)41-22-25-11-5-3-6-12-25/h3-20H,22-23H2,1-2H3,(H,37,39). The molecule has 0 radical (unpaired) electrons. The highest BCUT2D eigenvalue weighted by molar-refractivity contribution is 8.00. The Kier molecular flexibility index (Phi) is 9.17. The minimum Gasteiger partial charge on any atom is -0.493 e. The second kappa shape index (κ2) is 13.5. The summed E-state index contributed by atoms with van der Waals surface area (Å²) in [7, 11) is 1.59. The van der Waals surface area contributed by atoms with Crippen molar-refractivity contribution in [3.8, 4) is 40.0 Å². The number of pyridine rings is 1. The number of nitrogens with zero attached hydrogens (tertiary/aromatic N) is 2. The minimum atomic E-state index is -0.176. The van der Waals surface area contributed by atoms with Crippen LogP contribution < -0.4 is 14.8 Å². The van der Waals surface area contributed by atoms with Crippen molar-refractivity contribution in [2.45, 2.75) is 18.6 Å². The number of rotatable bonds is 10. The van der Waals surface area contributed by atoms with Crippen LogP contribution in [-0.2, 0) is 11.4 Å². The van der Waals surface area contributed by atoms with Crippen LogP contribution in [0, 0.1) is 18.3 Å². The lowest BCUT2D eigenvalue weighted by atomic mass is 9.99. The summed E-state index contributed by atoms with van der Waals surface area (Å²) in [6.45, 7) is 2.37. The second-order valence-electron chi connectivity index (χ2n) is 9.56. The molecule has 1 N–H and O–H groups in total. The number of ether oxygens (including phenoxy) is 2. The number of amides is 1. The van der Waals surface area contributed by atoms with Gasteiger partial charge in [-0.05, 0) is 53.9 Å². The zero-order chi connectivity index (χ0) is 29.3. The molecule has 0 aliphatic rings. The molecule has 0 saturated heterocycles. The molecular weight excluding hydrogens is 542 g/mol. The number of thioether (sulfide) groups is 1. The highest BCUT2D eigenvalue weighted by atomic mass is 32.2. The first-order valence-electron chi connectivity index (χ1n) is 13.4. The SMILES string of the molecule is COc1cc(-c2cc(-c3ccccc3)nc(SCC(=O)Nc3cccc(C)c3)c2C#N)ccc1OCc1ccccc1. The van der Waals surface area contributed by atoms with E-state index in [1.54, 1.807) is 7.11 Å². The smallest absolute Gasteiger partial charge is 0.234 e. The molecule has 0 spiro atoms. The molecule has 0 aliphatic heterocycles. The summed E-state index contributed by atoms with van der Waals surface area (Å²) in [6.07, 6.45) is 0. The number of carbonyl (C=O) groups excluding carboxylic acids is 1. The van der Waals surface area contributed by atoms with Gasteiger partial charge >= 0.3 is 0 Å². The number of carbonyl (C=O) groups is 1. The molecule has 1 aromatic heterocycles. The Morgan fingerprint density at radius 3 is 2.36 bits per heavy atom. The third-order valence-corrected chi connectivity index (χ3v) is 7.50. The molecular formula is C35H29N3O3S. The number of hydrogen-bond donors (Lipinski definition) is 1. The molecule has 6 nitrogen and oxygen atoms in total. The summed E-state index contributed by atoms with van der Waals surface area (Å²) < 4.78 is 11.7. The topological polar surface area (TPSA) is 84.2 Å². The van der Waals surface area contributed by atoms with Crippen molar-refractivity contribution < 1.29 is 14.3 Å². The number of aromatic nitrogens is 1. The predicted octanol–water partition coefficient (Wildman–Crippen LogP) is 7.91. The van der Waals surface area contributed by atoms with Gasteiger partial charge in [0, 0.05) is 16.8 Å². The molecule has 0 bridgehead atoms. The average Bonchev–Trinajstić information content (AvgIpc) is 3.03. The van der Waals surface area contributed by atoms with E-state index < -0.39 is 0 Å². The Morgan fingerprint density at radius 2 is 1.64 bits per heavy atom. The lowest BCUT2D eigenvalue weighted by Crippen LogP contribution is -2.14. The maximum absolute atomic E-state index is 12.8. The molecule has 1 heterocycles. The maximum Gasteiger partial charge on any atom is 0.234 e. The molecule has 7 heteroatoms. The lowest BCUT2D eigenvalue weighted by molar-refractivity contribution is -0.113. The number of hydrogen-bond acceptors (Lipinski definition) is 6. The molecule has 5 aromatic rings. The summed E-state index contributed by atoms with van der Waals surface area (Å²) in [4.78, 5) is 17.6. The van der Waals surface area contributed by atoms with Gasteiger partial charge in [-0.1, -0.05) is 90.6 Å². The van der Waals surface area contributed by atoms with Crippen LogP contribution in [0.25, 0.3) is 22.4 Å². The van der Waals surface area contributed by atoms with E-state index in [0.29, 0.717) is 40.0 Å². The van der Waals surface area contributed by atoms with E-state index in [1.165, 1.54) is 11.8 Å². The molecule has 0 aliphatic carbocycles. The van der Waals surface area contributed by atoms with Crippen molar-refractivity contribution in [1.29, 1.82) is 5.26 Å². The quantitative estimate of drug-likeness (QED) is 0.172. The molecule has 4 aromatic carbocycles. The van der Waals surface area contributed by atoms with E-state index >= 15 is 0 Å². The van der Waals surface area contributed by atoms with E-state index in [1.807, 2.05) is 116 Å². The van der Waals surface area contributed by atoms with Gasteiger partial charge in [0.2, 0.25) is 5.91 Å². The summed E-state index contributed by atoms with van der Waals surface area (Å²) >= 11 is 1.24. The van der Waals surface area contributed by atoms with Crippen molar-refractivity contribution in [2.24, 2.45) is 0 Å². The second-order valence-corrected chi connectivity index (χ2v) is 10.5. The molecule has 42 heavy (non-hydrogen) atoms. The highest BCUT2D eigenvalue weighted by Crippen LogP contribution is 2.38. The van der Waals surface area contributed by atoms with Crippen LogP contribution in [-0.4, -0.2) is 23.8 Å². The number of nitriles is 1. The van der Waals surface area contributed by atoms with E-state index in [2.05, 4.69) is 11.4 Å². The molecule has 0 fully saturated rings. The number of methoxy groups -OCH3 is 1. The van der Waals surface area contributed by atoms with Gasteiger partial charge in [0.1, 0.15) is 17.7 Å². The first kappa shape index (κ1) is 28.5. The Bertz CT molecular complexity index is 1730. The summed E-state index contributed by atoms with van der Waals surface area (Å²) in [5.41, 5.74) is 6.31. The minimum absolute atomic E-state index is 0.100. The summed E-state index contributed by atoms with van der Waals surface area (Å²) in [6, 6.07) is 37.2. The third kappa shape index (κ3) is 6.98. The van der Waals surface area contributed by atoms with E-state index in [0.717, 1.165) is 27.9 Å². The maximum atomic E-state index is 12.8. The van der Waals surface area contributed by atoms with Gasteiger partial charge in [0.15, 0.2) is 11.5 Å². The fourth-order valence-electron chi connectivity index (χ4n) is 4.46. The van der Waals surface area contributed by atoms with Gasteiger partial charge < -0.3 is 14.8 Å². The number of nitrogens with one attached hydrogen (secondary N) is 1. The van der Waals surface area contributed by atoms with Crippen LogP contribution in [0.3, 0.4) is 0 Å². The van der Waals surface area contributed by atoms with Crippen LogP contribution in [0.5, 0.6) is 11.5 Å². The number of aryl methyl sites for hydroxylation is 1. The van der Waals surface area contributed by atoms with E-state index in [-0.39, 0.29) is 11.7 Å². The molecule has 0 unspecified atom stereocenters. The molecule has 208 valence electrons. The summed E-state index contributed by atoms with van der Waals surface area (Å²) in [5, 5.41) is 13.7. The van der Waals surface area contributed by atoms with E-state index in [4.69, 9.17) is 14.5 Å². The number of benzene rings is 4. The third-order valence-electron chi connectivity index (χ3n) is 6.52. The Morgan fingerprint density at radius 1 is 0.881 bits per heavy atom. The van der Waals surface area contributed by atoms with Crippen molar-refractivity contribution >= 4 is 23.4 Å². The molecule has 0 atom stereocenters. The number of anilines is 1. The highest BCUT2D eigenvalue weighted by Gasteiger charge is 2.19. The largest absolute Gasteiger partial charge is 0.493 e. The summed E-state index contributed by atoms with van der Waals surface area (Å²) in [5.74, 6) is 1.08. The van der Waals surface area contributed by atoms with Crippen molar-refractivity contribution in [3.05, 3.63) is 126 Å². The zero-order valence-corrected chi connectivity index (χ0v) is 24.2. The van der Waals surface area contributed by atoms with Crippen LogP contribution in [0.15, 0.2) is 114 Å². The van der Waals surface area contributed by atoms with Crippen LogP contribution in [0.2, 0.25) is 0 Å². The van der Waals surface area contributed by atoms with Gasteiger partial charge in [0.05, 0.1) is 24.1 Å². The van der Waals surface area contributed by atoms with Crippen LogP contribution in [0.4, 0.5) is 5.69 Å². The zero-order valence-electron chi connectivity index (χ0n) is 23.3. The first-order chi connectivity index (χ1) is 20.5. The lowest BCUT2D eigenvalue weighted by Gasteiger charge is -2.15. The van der Waals surface area contributed by atoms with Crippen molar-refractivity contribution in [3.63, 3.8) is 0 Å². The van der Waals surface area contributed by atoms with Crippen molar-refractivity contribution in [2.75, 3.05) is 18.2 Å². The van der Waals surface area contributed by atoms with Gasteiger partial charge in [-0.15, -0.1) is 0 Å². The molecule has 1 amide bonds. The molecule has 0 saturated carbocycles. The van der Waals surface area contributed by atoms with Gasteiger partial charge in [-0.25, -0.2) is 4.98 Å². The predicted molar refractivity (Wildman–Crippen MR) is 168 cm³/mol. The molecule has 5 rings (SSSR count). The Balaban J connectivity index is 1.47. The Hall–Kier alpha value is -5.06. The normalized spacial score (nSPS) is 10.5. The van der Waals surface area contributed by atoms with Crippen LogP contribution in [0.1, 0.15) is 16.7 Å². The fourth-order valence-corrected chi connectivity index (χ4v) is 5.26.